The number of piperazine rings is 1. The predicted octanol–water partition coefficient (Wildman–Crippen LogP) is 1.07. The monoisotopic (exact) mass is 265 g/mol. The molecule has 2 unspecified atom stereocenters. The zero-order valence-electron chi connectivity index (χ0n) is 11.9. The lowest BCUT2D eigenvalue weighted by atomic mass is 9.98. The van der Waals surface area contributed by atoms with Crippen LogP contribution in [0.1, 0.15) is 38.5 Å². The highest BCUT2D eigenvalue weighted by Crippen LogP contribution is 2.22. The summed E-state index contributed by atoms with van der Waals surface area (Å²) in [5.74, 6) is 1.14. The Morgan fingerprint density at radius 3 is 2.95 bits per heavy atom. The first-order valence-corrected chi connectivity index (χ1v) is 8.05. The fourth-order valence-corrected chi connectivity index (χ4v) is 3.83. The second-order valence-electron chi connectivity index (χ2n) is 6.42. The molecule has 0 radical (unpaired) electrons. The number of piperidine rings is 1. The molecule has 3 aliphatic rings. The Labute approximate surface area is 116 Å². The Hall–Kier alpha value is -0.610. The van der Waals surface area contributed by atoms with Gasteiger partial charge in [-0.25, -0.2) is 0 Å². The van der Waals surface area contributed by atoms with Crippen LogP contribution >= 0.6 is 0 Å². The molecular formula is C15H27N3O. The van der Waals surface area contributed by atoms with Crippen LogP contribution in [-0.2, 0) is 4.79 Å². The highest BCUT2D eigenvalue weighted by Gasteiger charge is 2.31. The molecule has 3 heterocycles. The molecule has 0 spiro atoms. The van der Waals surface area contributed by atoms with Crippen molar-refractivity contribution in [2.75, 3.05) is 39.3 Å². The van der Waals surface area contributed by atoms with Crippen molar-refractivity contribution in [3.63, 3.8) is 0 Å². The molecule has 3 rings (SSSR count). The number of nitrogens with zero attached hydrogens (tertiary/aromatic N) is 2. The zero-order valence-corrected chi connectivity index (χ0v) is 11.9. The maximum Gasteiger partial charge on any atom is 0.222 e. The van der Waals surface area contributed by atoms with E-state index in [4.69, 9.17) is 0 Å². The van der Waals surface area contributed by atoms with Crippen molar-refractivity contribution >= 4 is 5.91 Å². The first-order chi connectivity index (χ1) is 9.33. The van der Waals surface area contributed by atoms with Gasteiger partial charge in [-0.3, -0.25) is 9.69 Å². The maximum atomic E-state index is 12.3. The third-order valence-electron chi connectivity index (χ3n) is 5.12. The van der Waals surface area contributed by atoms with E-state index in [2.05, 4.69) is 15.1 Å². The van der Waals surface area contributed by atoms with E-state index in [1.807, 2.05) is 0 Å². The van der Waals surface area contributed by atoms with Crippen molar-refractivity contribution in [2.24, 2.45) is 5.92 Å². The summed E-state index contributed by atoms with van der Waals surface area (Å²) in [6.45, 7) is 6.55. The van der Waals surface area contributed by atoms with Gasteiger partial charge >= 0.3 is 0 Å². The molecule has 4 heteroatoms. The summed E-state index contributed by atoms with van der Waals surface area (Å²) < 4.78 is 0. The van der Waals surface area contributed by atoms with E-state index in [0.717, 1.165) is 51.5 Å². The van der Waals surface area contributed by atoms with E-state index in [1.165, 1.54) is 32.2 Å². The summed E-state index contributed by atoms with van der Waals surface area (Å²) in [6.07, 6.45) is 7.08. The number of carbonyl (C=O) groups is 1. The van der Waals surface area contributed by atoms with Crippen LogP contribution in [0.2, 0.25) is 0 Å². The SMILES string of the molecule is O=C(CCC1CCNC1)N1CCN2CCCCC2C1. The van der Waals surface area contributed by atoms with E-state index >= 15 is 0 Å². The minimum Gasteiger partial charge on any atom is -0.340 e. The number of rotatable bonds is 3. The first kappa shape index (κ1) is 13.4. The molecular weight excluding hydrogens is 238 g/mol. The van der Waals surface area contributed by atoms with Gasteiger partial charge in [0.15, 0.2) is 0 Å². The molecule has 0 bridgehead atoms. The summed E-state index contributed by atoms with van der Waals surface area (Å²) in [5, 5.41) is 3.38. The van der Waals surface area contributed by atoms with E-state index in [-0.39, 0.29) is 0 Å². The number of amides is 1. The van der Waals surface area contributed by atoms with Gasteiger partial charge in [0.2, 0.25) is 5.91 Å². The van der Waals surface area contributed by atoms with Crippen molar-refractivity contribution in [3.05, 3.63) is 0 Å². The van der Waals surface area contributed by atoms with Crippen LogP contribution in [-0.4, -0.2) is 61.0 Å². The third-order valence-corrected chi connectivity index (χ3v) is 5.12. The number of carbonyl (C=O) groups excluding carboxylic acids is 1. The summed E-state index contributed by atoms with van der Waals surface area (Å²) in [5.41, 5.74) is 0. The molecule has 108 valence electrons. The maximum absolute atomic E-state index is 12.3. The van der Waals surface area contributed by atoms with Gasteiger partial charge in [0, 0.05) is 32.1 Å². The number of nitrogens with one attached hydrogen (secondary N) is 1. The second kappa shape index (κ2) is 6.23. The minimum absolute atomic E-state index is 0.400. The van der Waals surface area contributed by atoms with Crippen LogP contribution in [0.4, 0.5) is 0 Å². The molecule has 0 aromatic heterocycles. The van der Waals surface area contributed by atoms with Crippen molar-refractivity contribution in [2.45, 2.75) is 44.6 Å². The van der Waals surface area contributed by atoms with Gasteiger partial charge in [-0.1, -0.05) is 6.42 Å². The smallest absolute Gasteiger partial charge is 0.222 e. The van der Waals surface area contributed by atoms with Crippen molar-refractivity contribution in [1.29, 1.82) is 0 Å². The Morgan fingerprint density at radius 1 is 1.16 bits per heavy atom. The average Bonchev–Trinajstić information content (AvgIpc) is 2.97. The molecule has 3 aliphatic heterocycles. The van der Waals surface area contributed by atoms with Gasteiger partial charge in [0.05, 0.1) is 0 Å². The van der Waals surface area contributed by atoms with Crippen LogP contribution in [0.5, 0.6) is 0 Å². The lowest BCUT2D eigenvalue weighted by molar-refractivity contribution is -0.135. The molecule has 0 saturated carbocycles. The van der Waals surface area contributed by atoms with Gasteiger partial charge < -0.3 is 10.2 Å². The summed E-state index contributed by atoms with van der Waals surface area (Å²) in [6, 6.07) is 0.652. The van der Waals surface area contributed by atoms with E-state index in [0.29, 0.717) is 11.9 Å². The standard InChI is InChI=1S/C15H27N3O/c19-15(5-4-13-6-7-16-11-13)18-10-9-17-8-2-1-3-14(17)12-18/h13-14,16H,1-12H2. The molecule has 2 atom stereocenters. The highest BCUT2D eigenvalue weighted by atomic mass is 16.2. The van der Waals surface area contributed by atoms with Crippen LogP contribution in [0.25, 0.3) is 0 Å². The largest absolute Gasteiger partial charge is 0.340 e. The molecule has 0 aromatic rings. The average molecular weight is 265 g/mol. The summed E-state index contributed by atoms with van der Waals surface area (Å²) in [4.78, 5) is 17.0. The van der Waals surface area contributed by atoms with Crippen LogP contribution in [0, 0.1) is 5.92 Å². The lowest BCUT2D eigenvalue weighted by Crippen LogP contribution is -2.56. The molecule has 0 aromatic carbocycles. The second-order valence-corrected chi connectivity index (χ2v) is 6.42. The molecule has 1 N–H and O–H groups in total. The fourth-order valence-electron chi connectivity index (χ4n) is 3.83. The van der Waals surface area contributed by atoms with E-state index in [9.17, 15) is 4.79 Å². The summed E-state index contributed by atoms with van der Waals surface area (Å²) >= 11 is 0. The molecule has 19 heavy (non-hydrogen) atoms. The zero-order chi connectivity index (χ0) is 13.1. The van der Waals surface area contributed by atoms with Crippen LogP contribution in [0.3, 0.4) is 0 Å². The molecule has 4 nitrogen and oxygen atoms in total. The fraction of sp³-hybridized carbons (Fsp3) is 0.933. The first-order valence-electron chi connectivity index (χ1n) is 8.05. The van der Waals surface area contributed by atoms with Crippen molar-refractivity contribution in [3.8, 4) is 0 Å². The molecule has 1 amide bonds. The van der Waals surface area contributed by atoms with Gasteiger partial charge in [-0.05, 0) is 51.2 Å². The predicted molar refractivity (Wildman–Crippen MR) is 76.0 cm³/mol. The van der Waals surface area contributed by atoms with Crippen molar-refractivity contribution in [1.82, 2.24) is 15.1 Å². The van der Waals surface area contributed by atoms with Crippen LogP contribution < -0.4 is 5.32 Å². The Morgan fingerprint density at radius 2 is 2.11 bits per heavy atom. The third kappa shape index (κ3) is 3.29. The lowest BCUT2D eigenvalue weighted by Gasteiger charge is -2.44. The normalized spacial score (nSPS) is 32.3. The topological polar surface area (TPSA) is 35.6 Å². The number of hydrogen-bond donors (Lipinski definition) is 1. The Bertz CT molecular complexity index is 315. The van der Waals surface area contributed by atoms with Crippen LogP contribution in [0.15, 0.2) is 0 Å². The highest BCUT2D eigenvalue weighted by molar-refractivity contribution is 5.76. The number of fused-ring (bicyclic) bond motifs is 1. The number of hydrogen-bond acceptors (Lipinski definition) is 3. The molecule has 3 fully saturated rings. The van der Waals surface area contributed by atoms with Gasteiger partial charge in [-0.2, -0.15) is 0 Å². The molecule has 3 saturated heterocycles. The van der Waals surface area contributed by atoms with Gasteiger partial charge in [0.25, 0.3) is 0 Å². The molecule has 0 aliphatic carbocycles. The van der Waals surface area contributed by atoms with E-state index < -0.39 is 0 Å². The van der Waals surface area contributed by atoms with Crippen molar-refractivity contribution < 1.29 is 4.79 Å². The Balaban J connectivity index is 1.44. The minimum atomic E-state index is 0.400. The van der Waals surface area contributed by atoms with E-state index in [1.54, 1.807) is 0 Å². The van der Waals surface area contributed by atoms with Gasteiger partial charge in [-0.15, -0.1) is 0 Å². The Kier molecular flexibility index (Phi) is 4.38. The quantitative estimate of drug-likeness (QED) is 0.829. The van der Waals surface area contributed by atoms with Gasteiger partial charge in [0.1, 0.15) is 0 Å². The summed E-state index contributed by atoms with van der Waals surface area (Å²) in [7, 11) is 0.